The quantitative estimate of drug-likeness (QED) is 0.617. The summed E-state index contributed by atoms with van der Waals surface area (Å²) in [5, 5.41) is 3.55. The van der Waals surface area contributed by atoms with Crippen LogP contribution < -0.4 is 5.32 Å². The lowest BCUT2D eigenvalue weighted by atomic mass is 10.1. The highest BCUT2D eigenvalue weighted by Crippen LogP contribution is 2.36. The second-order valence-corrected chi connectivity index (χ2v) is 7.37. The average molecular weight is 407 g/mol. The smallest absolute Gasteiger partial charge is 0.256 e. The molecule has 4 heteroatoms. The second kappa shape index (κ2) is 6.96. The number of carbonyl (C=O) groups excluding carboxylic acids is 1. The SMILES string of the molecule is Cc1cc(N[C@@H]2c3ccccc3C(=O)N2Cc2ccccc2)ccc1Br. The minimum Gasteiger partial charge on any atom is -0.361 e. The van der Waals surface area contributed by atoms with E-state index >= 15 is 0 Å². The first-order valence-corrected chi connectivity index (χ1v) is 9.39. The monoisotopic (exact) mass is 406 g/mol. The topological polar surface area (TPSA) is 32.3 Å². The first-order chi connectivity index (χ1) is 12.6. The third kappa shape index (κ3) is 3.13. The number of hydrogen-bond acceptors (Lipinski definition) is 2. The molecule has 0 fully saturated rings. The van der Waals surface area contributed by atoms with Gasteiger partial charge in [0.1, 0.15) is 6.17 Å². The number of aryl methyl sites for hydroxylation is 1. The highest BCUT2D eigenvalue weighted by molar-refractivity contribution is 9.10. The van der Waals surface area contributed by atoms with Gasteiger partial charge in [0.2, 0.25) is 0 Å². The summed E-state index contributed by atoms with van der Waals surface area (Å²) in [5.41, 5.74) is 5.07. The van der Waals surface area contributed by atoms with E-state index < -0.39 is 0 Å². The summed E-state index contributed by atoms with van der Waals surface area (Å²) in [6, 6.07) is 24.1. The van der Waals surface area contributed by atoms with E-state index in [2.05, 4.69) is 46.4 Å². The predicted octanol–water partition coefficient (Wildman–Crippen LogP) is 5.52. The van der Waals surface area contributed by atoms with Gasteiger partial charge in [-0.15, -0.1) is 0 Å². The van der Waals surface area contributed by atoms with Gasteiger partial charge in [-0.25, -0.2) is 0 Å². The van der Waals surface area contributed by atoms with Crippen LogP contribution in [0.25, 0.3) is 0 Å². The Hall–Kier alpha value is -2.59. The molecule has 0 aromatic heterocycles. The van der Waals surface area contributed by atoms with Crippen molar-refractivity contribution in [3.8, 4) is 0 Å². The Kier molecular flexibility index (Phi) is 4.51. The standard InChI is InChI=1S/C22H19BrN2O/c1-15-13-17(11-12-20(15)23)24-21-18-9-5-6-10-19(18)22(26)25(21)14-16-7-3-2-4-8-16/h2-13,21,24H,14H2,1H3/t21-/m0/s1. The van der Waals surface area contributed by atoms with Gasteiger partial charge in [-0.2, -0.15) is 0 Å². The highest BCUT2D eigenvalue weighted by atomic mass is 79.9. The Balaban J connectivity index is 1.69. The molecule has 26 heavy (non-hydrogen) atoms. The van der Waals surface area contributed by atoms with Crippen LogP contribution in [0, 0.1) is 6.92 Å². The van der Waals surface area contributed by atoms with Gasteiger partial charge >= 0.3 is 0 Å². The minimum absolute atomic E-state index is 0.0655. The summed E-state index contributed by atoms with van der Waals surface area (Å²) in [5.74, 6) is 0.0655. The van der Waals surface area contributed by atoms with Crippen molar-refractivity contribution in [1.29, 1.82) is 0 Å². The molecule has 1 atom stereocenters. The van der Waals surface area contributed by atoms with Gasteiger partial charge in [0.25, 0.3) is 5.91 Å². The maximum atomic E-state index is 13.0. The first kappa shape index (κ1) is 16.9. The molecule has 1 N–H and O–H groups in total. The van der Waals surface area contributed by atoms with Gasteiger partial charge in [-0.05, 0) is 42.3 Å². The molecule has 1 aliphatic heterocycles. The molecule has 3 nitrogen and oxygen atoms in total. The minimum atomic E-state index is -0.181. The number of hydrogen-bond donors (Lipinski definition) is 1. The Morgan fingerprint density at radius 2 is 1.73 bits per heavy atom. The van der Waals surface area contributed by atoms with Crippen LogP contribution in [0.2, 0.25) is 0 Å². The third-order valence-corrected chi connectivity index (χ3v) is 5.61. The number of nitrogens with one attached hydrogen (secondary N) is 1. The van der Waals surface area contributed by atoms with Crippen molar-refractivity contribution in [3.05, 3.63) is 99.5 Å². The first-order valence-electron chi connectivity index (χ1n) is 8.60. The van der Waals surface area contributed by atoms with Gasteiger partial charge in [0.15, 0.2) is 0 Å². The van der Waals surface area contributed by atoms with E-state index in [1.165, 1.54) is 0 Å². The molecule has 0 spiro atoms. The number of benzene rings is 3. The van der Waals surface area contributed by atoms with Gasteiger partial charge in [-0.1, -0.05) is 64.5 Å². The molecule has 0 saturated heterocycles. The zero-order valence-corrected chi connectivity index (χ0v) is 16.0. The van der Waals surface area contributed by atoms with Gasteiger partial charge in [0.05, 0.1) is 0 Å². The Bertz CT molecular complexity index is 955. The number of amides is 1. The van der Waals surface area contributed by atoms with Crippen LogP contribution in [0.5, 0.6) is 0 Å². The average Bonchev–Trinajstić information content (AvgIpc) is 2.92. The second-order valence-electron chi connectivity index (χ2n) is 6.52. The third-order valence-electron chi connectivity index (χ3n) is 4.72. The maximum Gasteiger partial charge on any atom is 0.256 e. The van der Waals surface area contributed by atoms with E-state index in [-0.39, 0.29) is 12.1 Å². The van der Waals surface area contributed by atoms with Crippen LogP contribution >= 0.6 is 15.9 Å². The number of halogens is 1. The van der Waals surface area contributed by atoms with Gasteiger partial charge in [-0.3, -0.25) is 4.79 Å². The van der Waals surface area contributed by atoms with E-state index in [0.29, 0.717) is 6.54 Å². The molecule has 0 aliphatic carbocycles. The molecular formula is C22H19BrN2O. The summed E-state index contributed by atoms with van der Waals surface area (Å²) < 4.78 is 1.08. The van der Waals surface area contributed by atoms with E-state index in [1.807, 2.05) is 59.5 Å². The van der Waals surface area contributed by atoms with Crippen LogP contribution in [0.4, 0.5) is 5.69 Å². The predicted molar refractivity (Wildman–Crippen MR) is 108 cm³/mol. The van der Waals surface area contributed by atoms with Crippen LogP contribution in [0.1, 0.15) is 33.2 Å². The van der Waals surface area contributed by atoms with Gasteiger partial charge < -0.3 is 10.2 Å². The van der Waals surface area contributed by atoms with Crippen molar-refractivity contribution in [2.24, 2.45) is 0 Å². The Labute approximate surface area is 161 Å². The van der Waals surface area contributed by atoms with Crippen molar-refractivity contribution in [1.82, 2.24) is 4.90 Å². The van der Waals surface area contributed by atoms with Gasteiger partial charge in [0, 0.05) is 27.8 Å². The molecule has 3 aromatic carbocycles. The summed E-state index contributed by atoms with van der Waals surface area (Å²) in [6.07, 6.45) is -0.181. The van der Waals surface area contributed by atoms with E-state index in [9.17, 15) is 4.79 Å². The summed E-state index contributed by atoms with van der Waals surface area (Å²) in [4.78, 5) is 14.9. The summed E-state index contributed by atoms with van der Waals surface area (Å²) >= 11 is 3.54. The highest BCUT2D eigenvalue weighted by Gasteiger charge is 2.36. The molecule has 130 valence electrons. The van der Waals surface area contributed by atoms with Crippen molar-refractivity contribution in [3.63, 3.8) is 0 Å². The zero-order valence-electron chi connectivity index (χ0n) is 14.4. The molecule has 4 rings (SSSR count). The lowest BCUT2D eigenvalue weighted by Gasteiger charge is -2.27. The molecular weight excluding hydrogens is 388 g/mol. The van der Waals surface area contributed by atoms with Crippen LogP contribution in [-0.4, -0.2) is 10.8 Å². The number of fused-ring (bicyclic) bond motifs is 1. The van der Waals surface area contributed by atoms with E-state index in [0.717, 1.165) is 32.4 Å². The molecule has 1 heterocycles. The molecule has 0 radical (unpaired) electrons. The lowest BCUT2D eigenvalue weighted by molar-refractivity contribution is 0.0729. The fourth-order valence-corrected chi connectivity index (χ4v) is 3.61. The zero-order chi connectivity index (χ0) is 18.1. The largest absolute Gasteiger partial charge is 0.361 e. The van der Waals surface area contributed by atoms with Crippen molar-refractivity contribution >= 4 is 27.5 Å². The lowest BCUT2D eigenvalue weighted by Crippen LogP contribution is -2.31. The van der Waals surface area contributed by atoms with Crippen LogP contribution in [-0.2, 0) is 6.54 Å². The fourth-order valence-electron chi connectivity index (χ4n) is 3.36. The Morgan fingerprint density at radius 1 is 1.00 bits per heavy atom. The number of anilines is 1. The summed E-state index contributed by atoms with van der Waals surface area (Å²) in [7, 11) is 0. The molecule has 1 amide bonds. The van der Waals surface area contributed by atoms with Crippen molar-refractivity contribution in [2.45, 2.75) is 19.6 Å². The Morgan fingerprint density at radius 3 is 2.50 bits per heavy atom. The normalized spacial score (nSPS) is 15.8. The molecule has 0 saturated carbocycles. The number of rotatable bonds is 4. The van der Waals surface area contributed by atoms with Crippen LogP contribution in [0.15, 0.2) is 77.3 Å². The fraction of sp³-hybridized carbons (Fsp3) is 0.136. The number of carbonyl (C=O) groups is 1. The molecule has 1 aliphatic rings. The molecule has 0 unspecified atom stereocenters. The summed E-state index contributed by atoms with van der Waals surface area (Å²) in [6.45, 7) is 2.63. The van der Waals surface area contributed by atoms with Crippen LogP contribution in [0.3, 0.4) is 0 Å². The molecule has 3 aromatic rings. The van der Waals surface area contributed by atoms with Crippen molar-refractivity contribution < 1.29 is 4.79 Å². The van der Waals surface area contributed by atoms with E-state index in [1.54, 1.807) is 0 Å². The molecule has 0 bridgehead atoms. The number of nitrogens with zero attached hydrogens (tertiary/aromatic N) is 1. The maximum absolute atomic E-state index is 13.0. The van der Waals surface area contributed by atoms with Crippen molar-refractivity contribution in [2.75, 3.05) is 5.32 Å². The van der Waals surface area contributed by atoms with E-state index in [4.69, 9.17) is 0 Å².